The fourth-order valence-electron chi connectivity index (χ4n) is 2.34. The van der Waals surface area contributed by atoms with Gasteiger partial charge in [0, 0.05) is 13.2 Å². The van der Waals surface area contributed by atoms with Crippen molar-refractivity contribution < 1.29 is 0 Å². The molecule has 2 heterocycles. The summed E-state index contributed by atoms with van der Waals surface area (Å²) in [6.45, 7) is 2.56. The summed E-state index contributed by atoms with van der Waals surface area (Å²) in [4.78, 5) is 4.60. The van der Waals surface area contributed by atoms with E-state index in [1.807, 2.05) is 42.9 Å². The highest BCUT2D eigenvalue weighted by molar-refractivity contribution is 6.35. The number of alkyl halides is 1. The molecule has 0 saturated carbocycles. The number of aryl methyl sites for hydroxylation is 1. The minimum atomic E-state index is -0.188. The second-order valence-electron chi connectivity index (χ2n) is 4.73. The zero-order valence-electron chi connectivity index (χ0n) is 11.2. The molecule has 0 amide bonds. The van der Waals surface area contributed by atoms with Gasteiger partial charge in [-0.15, -0.1) is 11.6 Å². The van der Waals surface area contributed by atoms with Crippen molar-refractivity contribution in [3.63, 3.8) is 0 Å². The largest absolute Gasteiger partial charge is 0.319 e. The Morgan fingerprint density at radius 1 is 1.30 bits per heavy atom. The SMILES string of the molecule is CC(Cl)c1nc2cccc(Cl)c2n1Cc1ccnn1C. The highest BCUT2D eigenvalue weighted by Crippen LogP contribution is 2.29. The number of benzene rings is 1. The van der Waals surface area contributed by atoms with Gasteiger partial charge in [0.1, 0.15) is 5.82 Å². The molecule has 1 unspecified atom stereocenters. The molecule has 0 radical (unpaired) electrons. The molecule has 2 aromatic heterocycles. The zero-order chi connectivity index (χ0) is 14.3. The van der Waals surface area contributed by atoms with Gasteiger partial charge in [0.05, 0.1) is 33.7 Å². The second-order valence-corrected chi connectivity index (χ2v) is 5.79. The maximum absolute atomic E-state index is 6.33. The molecule has 6 heteroatoms. The second kappa shape index (κ2) is 5.11. The third-order valence-corrected chi connectivity index (χ3v) is 3.85. The molecule has 1 aromatic carbocycles. The maximum Gasteiger partial charge on any atom is 0.128 e. The minimum Gasteiger partial charge on any atom is -0.319 e. The lowest BCUT2D eigenvalue weighted by Gasteiger charge is -2.11. The Morgan fingerprint density at radius 3 is 2.75 bits per heavy atom. The maximum atomic E-state index is 6.33. The van der Waals surface area contributed by atoms with E-state index in [0.717, 1.165) is 22.6 Å². The lowest BCUT2D eigenvalue weighted by molar-refractivity contribution is 0.654. The number of aromatic nitrogens is 4. The Labute approximate surface area is 126 Å². The molecule has 0 N–H and O–H groups in total. The molecule has 0 aliphatic carbocycles. The number of imidazole rings is 1. The minimum absolute atomic E-state index is 0.188. The van der Waals surface area contributed by atoms with Gasteiger partial charge in [0.2, 0.25) is 0 Å². The Morgan fingerprint density at radius 2 is 2.10 bits per heavy atom. The molecule has 0 aliphatic rings. The Balaban J connectivity index is 2.21. The number of hydrogen-bond donors (Lipinski definition) is 0. The summed E-state index contributed by atoms with van der Waals surface area (Å²) in [5.74, 6) is 0.816. The number of hydrogen-bond acceptors (Lipinski definition) is 2. The van der Waals surface area contributed by atoms with Gasteiger partial charge in [-0.25, -0.2) is 4.98 Å². The summed E-state index contributed by atoms with van der Waals surface area (Å²) in [6.07, 6.45) is 1.78. The lowest BCUT2D eigenvalue weighted by atomic mass is 10.3. The predicted octanol–water partition coefficient (Wildman–Crippen LogP) is 3.77. The molecule has 20 heavy (non-hydrogen) atoms. The molecular formula is C14H14Cl2N4. The van der Waals surface area contributed by atoms with Crippen LogP contribution in [-0.4, -0.2) is 19.3 Å². The van der Waals surface area contributed by atoms with Gasteiger partial charge in [0.15, 0.2) is 0 Å². The normalized spacial score (nSPS) is 13.0. The van der Waals surface area contributed by atoms with Crippen LogP contribution in [0, 0.1) is 0 Å². The van der Waals surface area contributed by atoms with Gasteiger partial charge >= 0.3 is 0 Å². The average molecular weight is 309 g/mol. The van der Waals surface area contributed by atoms with E-state index < -0.39 is 0 Å². The third kappa shape index (κ3) is 2.19. The standard InChI is InChI=1S/C14H14Cl2N4/c1-9(15)14-18-12-5-3-4-11(16)13(12)20(14)8-10-6-7-17-19(10)2/h3-7,9H,8H2,1-2H3. The van der Waals surface area contributed by atoms with Crippen LogP contribution in [0.2, 0.25) is 5.02 Å². The fourth-order valence-corrected chi connectivity index (χ4v) is 2.78. The topological polar surface area (TPSA) is 35.6 Å². The van der Waals surface area contributed by atoms with Crippen LogP contribution in [0.5, 0.6) is 0 Å². The summed E-state index contributed by atoms with van der Waals surface area (Å²) in [6, 6.07) is 7.69. The Kier molecular flexibility index (Phi) is 3.44. The third-order valence-electron chi connectivity index (χ3n) is 3.35. The van der Waals surface area contributed by atoms with Gasteiger partial charge in [-0.2, -0.15) is 5.10 Å². The molecule has 0 spiro atoms. The summed E-state index contributed by atoms with van der Waals surface area (Å²) in [5, 5.41) is 4.68. The van der Waals surface area contributed by atoms with E-state index in [1.54, 1.807) is 6.20 Å². The molecule has 0 aliphatic heterocycles. The van der Waals surface area contributed by atoms with E-state index in [0.29, 0.717) is 11.6 Å². The van der Waals surface area contributed by atoms with Crippen molar-refractivity contribution in [2.45, 2.75) is 18.8 Å². The number of fused-ring (bicyclic) bond motifs is 1. The molecule has 4 nitrogen and oxygen atoms in total. The van der Waals surface area contributed by atoms with Crippen LogP contribution in [0.1, 0.15) is 23.8 Å². The number of para-hydroxylation sites is 1. The van der Waals surface area contributed by atoms with E-state index in [-0.39, 0.29) is 5.38 Å². The first kappa shape index (κ1) is 13.5. The van der Waals surface area contributed by atoms with Crippen LogP contribution in [0.3, 0.4) is 0 Å². The molecule has 3 aromatic rings. The summed E-state index contributed by atoms with van der Waals surface area (Å²) in [5.41, 5.74) is 2.85. The molecule has 0 fully saturated rings. The van der Waals surface area contributed by atoms with E-state index in [2.05, 4.69) is 14.6 Å². The smallest absolute Gasteiger partial charge is 0.128 e. The average Bonchev–Trinajstić information content (AvgIpc) is 2.96. The first-order valence-corrected chi connectivity index (χ1v) is 7.15. The molecule has 1 atom stereocenters. The summed E-state index contributed by atoms with van der Waals surface area (Å²) in [7, 11) is 1.92. The monoisotopic (exact) mass is 308 g/mol. The van der Waals surface area contributed by atoms with Crippen molar-refractivity contribution >= 4 is 34.2 Å². The van der Waals surface area contributed by atoms with Crippen LogP contribution in [0.15, 0.2) is 30.5 Å². The van der Waals surface area contributed by atoms with Crippen LogP contribution >= 0.6 is 23.2 Å². The fraction of sp³-hybridized carbons (Fsp3) is 0.286. The molecule has 0 bridgehead atoms. The van der Waals surface area contributed by atoms with Crippen molar-refractivity contribution in [1.29, 1.82) is 0 Å². The highest BCUT2D eigenvalue weighted by Gasteiger charge is 2.17. The first-order valence-electron chi connectivity index (χ1n) is 6.33. The lowest BCUT2D eigenvalue weighted by Crippen LogP contribution is -2.09. The summed E-state index contributed by atoms with van der Waals surface area (Å²) >= 11 is 12.6. The van der Waals surface area contributed by atoms with Gasteiger partial charge < -0.3 is 4.57 Å². The van der Waals surface area contributed by atoms with E-state index in [1.165, 1.54) is 0 Å². The number of rotatable bonds is 3. The van der Waals surface area contributed by atoms with Crippen molar-refractivity contribution in [3.8, 4) is 0 Å². The molecule has 104 valence electrons. The zero-order valence-corrected chi connectivity index (χ0v) is 12.7. The van der Waals surface area contributed by atoms with E-state index in [9.17, 15) is 0 Å². The van der Waals surface area contributed by atoms with Crippen molar-refractivity contribution in [3.05, 3.63) is 47.0 Å². The number of nitrogens with zero attached hydrogens (tertiary/aromatic N) is 4. The quantitative estimate of drug-likeness (QED) is 0.690. The van der Waals surface area contributed by atoms with E-state index >= 15 is 0 Å². The predicted molar refractivity (Wildman–Crippen MR) is 81.3 cm³/mol. The van der Waals surface area contributed by atoms with Crippen LogP contribution in [0.25, 0.3) is 11.0 Å². The van der Waals surface area contributed by atoms with Crippen molar-refractivity contribution in [2.75, 3.05) is 0 Å². The molecule has 0 saturated heterocycles. The van der Waals surface area contributed by atoms with Crippen LogP contribution < -0.4 is 0 Å². The van der Waals surface area contributed by atoms with Crippen LogP contribution in [-0.2, 0) is 13.6 Å². The Hall–Kier alpha value is -1.52. The van der Waals surface area contributed by atoms with Crippen molar-refractivity contribution in [2.24, 2.45) is 7.05 Å². The highest BCUT2D eigenvalue weighted by atomic mass is 35.5. The number of halogens is 2. The first-order chi connectivity index (χ1) is 9.58. The van der Waals surface area contributed by atoms with Crippen molar-refractivity contribution in [1.82, 2.24) is 19.3 Å². The summed E-state index contributed by atoms with van der Waals surface area (Å²) < 4.78 is 3.90. The molecular weight excluding hydrogens is 295 g/mol. The van der Waals surface area contributed by atoms with Crippen LogP contribution in [0.4, 0.5) is 0 Å². The van der Waals surface area contributed by atoms with Gasteiger partial charge in [-0.1, -0.05) is 17.7 Å². The van der Waals surface area contributed by atoms with E-state index in [4.69, 9.17) is 23.2 Å². The Bertz CT molecular complexity index is 758. The van der Waals surface area contributed by atoms with Gasteiger partial charge in [-0.3, -0.25) is 4.68 Å². The van der Waals surface area contributed by atoms with Gasteiger partial charge in [-0.05, 0) is 25.1 Å². The molecule has 3 rings (SSSR count). The van der Waals surface area contributed by atoms with Gasteiger partial charge in [0.25, 0.3) is 0 Å².